The Bertz CT molecular complexity index is 1120. The van der Waals surface area contributed by atoms with Crippen LogP contribution >= 0.6 is 0 Å². The SMILES string of the molecule is O=C1c2ccccc2C(=O)N1CC(=O)N1c2ccccc2OC[C@H]1c1ccccc1. The minimum absolute atomic E-state index is 0.287. The number of nitrogens with zero attached hydrogens (tertiary/aromatic N) is 2. The number of hydrogen-bond donors (Lipinski definition) is 0. The second-order valence-electron chi connectivity index (χ2n) is 7.21. The maximum absolute atomic E-state index is 13.5. The summed E-state index contributed by atoms with van der Waals surface area (Å²) in [5.41, 5.74) is 2.21. The molecule has 2 heterocycles. The first-order chi connectivity index (χ1) is 14.6. The number of fused-ring (bicyclic) bond motifs is 2. The third kappa shape index (κ3) is 2.85. The molecule has 0 saturated carbocycles. The van der Waals surface area contributed by atoms with Crippen LogP contribution in [-0.4, -0.2) is 35.8 Å². The Hall–Kier alpha value is -3.93. The van der Waals surface area contributed by atoms with E-state index in [1.54, 1.807) is 35.2 Å². The second kappa shape index (κ2) is 7.15. The van der Waals surface area contributed by atoms with Crippen LogP contribution in [0.3, 0.4) is 0 Å². The van der Waals surface area contributed by atoms with Gasteiger partial charge in [-0.15, -0.1) is 0 Å². The van der Waals surface area contributed by atoms with Crippen molar-refractivity contribution in [1.82, 2.24) is 4.90 Å². The largest absolute Gasteiger partial charge is 0.489 e. The maximum atomic E-state index is 13.5. The van der Waals surface area contributed by atoms with E-state index in [1.807, 2.05) is 48.5 Å². The molecular formula is C24H18N2O4. The summed E-state index contributed by atoms with van der Waals surface area (Å²) in [7, 11) is 0. The van der Waals surface area contributed by atoms with Gasteiger partial charge < -0.3 is 4.74 Å². The lowest BCUT2D eigenvalue weighted by Gasteiger charge is -2.37. The number of benzene rings is 3. The van der Waals surface area contributed by atoms with Gasteiger partial charge in [0.15, 0.2) is 0 Å². The molecule has 2 aliphatic heterocycles. The normalized spacial score (nSPS) is 17.4. The molecular weight excluding hydrogens is 380 g/mol. The predicted molar refractivity (Wildman–Crippen MR) is 110 cm³/mol. The van der Waals surface area contributed by atoms with Crippen molar-refractivity contribution in [3.05, 3.63) is 95.6 Å². The van der Waals surface area contributed by atoms with Gasteiger partial charge >= 0.3 is 0 Å². The van der Waals surface area contributed by atoms with Crippen LogP contribution in [0.15, 0.2) is 78.9 Å². The lowest BCUT2D eigenvalue weighted by Crippen LogP contribution is -2.47. The molecule has 3 aromatic carbocycles. The van der Waals surface area contributed by atoms with Crippen LogP contribution in [0, 0.1) is 0 Å². The minimum atomic E-state index is -0.443. The van der Waals surface area contributed by atoms with E-state index in [0.29, 0.717) is 22.6 Å². The van der Waals surface area contributed by atoms with E-state index in [9.17, 15) is 14.4 Å². The van der Waals surface area contributed by atoms with Crippen LogP contribution in [0.4, 0.5) is 5.69 Å². The predicted octanol–water partition coefficient (Wildman–Crippen LogP) is 3.45. The Morgan fingerprint density at radius 3 is 2.13 bits per heavy atom. The van der Waals surface area contributed by atoms with Gasteiger partial charge in [0.1, 0.15) is 18.9 Å². The van der Waals surface area contributed by atoms with Crippen molar-refractivity contribution in [3.63, 3.8) is 0 Å². The van der Waals surface area contributed by atoms with Crippen molar-refractivity contribution >= 4 is 23.4 Å². The Labute approximate surface area is 173 Å². The lowest BCUT2D eigenvalue weighted by atomic mass is 10.0. The smallest absolute Gasteiger partial charge is 0.262 e. The number of hydrogen-bond acceptors (Lipinski definition) is 4. The first-order valence-corrected chi connectivity index (χ1v) is 9.69. The molecule has 0 radical (unpaired) electrons. The molecule has 30 heavy (non-hydrogen) atoms. The zero-order chi connectivity index (χ0) is 20.7. The van der Waals surface area contributed by atoms with E-state index in [0.717, 1.165) is 10.5 Å². The van der Waals surface area contributed by atoms with Crippen LogP contribution in [0.1, 0.15) is 32.3 Å². The fourth-order valence-electron chi connectivity index (χ4n) is 4.01. The number of para-hydroxylation sites is 2. The van der Waals surface area contributed by atoms with Gasteiger partial charge in [-0.25, -0.2) is 0 Å². The molecule has 3 aromatic rings. The molecule has 2 aliphatic rings. The van der Waals surface area contributed by atoms with Crippen LogP contribution in [-0.2, 0) is 4.79 Å². The highest BCUT2D eigenvalue weighted by molar-refractivity contribution is 6.22. The highest BCUT2D eigenvalue weighted by Gasteiger charge is 2.40. The summed E-state index contributed by atoms with van der Waals surface area (Å²) in [6.07, 6.45) is 0. The zero-order valence-electron chi connectivity index (χ0n) is 16.0. The zero-order valence-corrected chi connectivity index (χ0v) is 16.0. The maximum Gasteiger partial charge on any atom is 0.262 e. The molecule has 0 spiro atoms. The summed E-state index contributed by atoms with van der Waals surface area (Å²) in [6, 6.07) is 23.1. The lowest BCUT2D eigenvalue weighted by molar-refractivity contribution is -0.119. The van der Waals surface area contributed by atoms with E-state index in [-0.39, 0.29) is 25.1 Å². The van der Waals surface area contributed by atoms with E-state index < -0.39 is 11.8 Å². The van der Waals surface area contributed by atoms with Crippen molar-refractivity contribution < 1.29 is 19.1 Å². The summed E-state index contributed by atoms with van der Waals surface area (Å²) in [6.45, 7) is -0.0428. The number of rotatable bonds is 3. The molecule has 0 bridgehead atoms. The van der Waals surface area contributed by atoms with Gasteiger partial charge in [0.2, 0.25) is 5.91 Å². The summed E-state index contributed by atoms with van der Waals surface area (Å²) in [5.74, 6) is -0.627. The van der Waals surface area contributed by atoms with Crippen molar-refractivity contribution in [1.29, 1.82) is 0 Å². The molecule has 1 atom stereocenters. The fourth-order valence-corrected chi connectivity index (χ4v) is 4.01. The molecule has 0 N–H and O–H groups in total. The molecule has 0 saturated heterocycles. The molecule has 6 nitrogen and oxygen atoms in total. The van der Waals surface area contributed by atoms with Gasteiger partial charge in [0, 0.05) is 0 Å². The number of anilines is 1. The summed E-state index contributed by atoms with van der Waals surface area (Å²) >= 11 is 0. The number of carbonyl (C=O) groups is 3. The minimum Gasteiger partial charge on any atom is -0.489 e. The van der Waals surface area contributed by atoms with Crippen molar-refractivity contribution in [2.75, 3.05) is 18.1 Å². The molecule has 0 aromatic heterocycles. The second-order valence-corrected chi connectivity index (χ2v) is 7.21. The molecule has 0 unspecified atom stereocenters. The Morgan fingerprint density at radius 2 is 1.43 bits per heavy atom. The first-order valence-electron chi connectivity index (χ1n) is 9.69. The Kier molecular flexibility index (Phi) is 4.32. The number of carbonyl (C=O) groups excluding carboxylic acids is 3. The van der Waals surface area contributed by atoms with E-state index in [2.05, 4.69) is 0 Å². The Balaban J connectivity index is 1.50. The molecule has 0 aliphatic carbocycles. The summed E-state index contributed by atoms with van der Waals surface area (Å²) < 4.78 is 5.89. The third-order valence-corrected chi connectivity index (χ3v) is 5.46. The molecule has 5 rings (SSSR count). The van der Waals surface area contributed by atoms with Crippen LogP contribution in [0.5, 0.6) is 5.75 Å². The van der Waals surface area contributed by atoms with Gasteiger partial charge in [-0.2, -0.15) is 0 Å². The van der Waals surface area contributed by atoms with E-state index in [1.165, 1.54) is 0 Å². The van der Waals surface area contributed by atoms with Gasteiger partial charge in [0.25, 0.3) is 11.8 Å². The monoisotopic (exact) mass is 398 g/mol. The van der Waals surface area contributed by atoms with Crippen LogP contribution < -0.4 is 9.64 Å². The topological polar surface area (TPSA) is 66.9 Å². The molecule has 148 valence electrons. The van der Waals surface area contributed by atoms with E-state index in [4.69, 9.17) is 4.74 Å². The van der Waals surface area contributed by atoms with Gasteiger partial charge in [0.05, 0.1) is 22.9 Å². The quantitative estimate of drug-likeness (QED) is 0.634. The van der Waals surface area contributed by atoms with E-state index >= 15 is 0 Å². The molecule has 3 amide bonds. The number of amides is 3. The average molecular weight is 398 g/mol. The van der Waals surface area contributed by atoms with Crippen molar-refractivity contribution in [2.45, 2.75) is 6.04 Å². The van der Waals surface area contributed by atoms with Gasteiger partial charge in [-0.05, 0) is 29.8 Å². The fraction of sp³-hybridized carbons (Fsp3) is 0.125. The van der Waals surface area contributed by atoms with Crippen LogP contribution in [0.2, 0.25) is 0 Å². The van der Waals surface area contributed by atoms with Gasteiger partial charge in [-0.3, -0.25) is 24.2 Å². The summed E-state index contributed by atoms with van der Waals surface area (Å²) in [5, 5.41) is 0. The number of ether oxygens (including phenoxy) is 1. The first kappa shape index (κ1) is 18.1. The third-order valence-electron chi connectivity index (χ3n) is 5.46. The highest BCUT2D eigenvalue weighted by atomic mass is 16.5. The molecule has 6 heteroatoms. The van der Waals surface area contributed by atoms with Crippen molar-refractivity contribution in [3.8, 4) is 5.75 Å². The average Bonchev–Trinajstić information content (AvgIpc) is 3.04. The standard InChI is InChI=1S/C24H18N2O4/c27-22(14-25-23(28)17-10-4-5-11-18(17)24(25)29)26-19-12-6-7-13-21(19)30-15-20(26)16-8-2-1-3-9-16/h1-13,20H,14-15H2/t20-/m0/s1. The van der Waals surface area contributed by atoms with Crippen LogP contribution in [0.25, 0.3) is 0 Å². The van der Waals surface area contributed by atoms with Crippen molar-refractivity contribution in [2.24, 2.45) is 0 Å². The summed E-state index contributed by atoms with van der Waals surface area (Å²) in [4.78, 5) is 41.6. The molecule has 0 fully saturated rings. The number of imide groups is 1. The van der Waals surface area contributed by atoms with Gasteiger partial charge in [-0.1, -0.05) is 54.6 Å². The Morgan fingerprint density at radius 1 is 0.833 bits per heavy atom. The highest BCUT2D eigenvalue weighted by Crippen LogP contribution is 2.39.